The third-order valence-corrected chi connectivity index (χ3v) is 3.12. The van der Waals surface area contributed by atoms with Crippen LogP contribution in [-0.2, 0) is 0 Å². The van der Waals surface area contributed by atoms with Gasteiger partial charge < -0.3 is 4.52 Å². The number of benzene rings is 2. The molecule has 0 fully saturated rings. The second kappa shape index (κ2) is 5.57. The Morgan fingerprint density at radius 3 is 2.40 bits per heavy atom. The first-order valence-corrected chi connectivity index (χ1v) is 6.58. The summed E-state index contributed by atoms with van der Waals surface area (Å²) in [7, 11) is 0. The molecule has 0 saturated heterocycles. The fraction of sp³-hybridized carbons (Fsp3) is 0.0556. The molecule has 2 aromatic carbocycles. The molecule has 1 aromatic heterocycles. The smallest absolute Gasteiger partial charge is 0.160 e. The first-order valence-electron chi connectivity index (χ1n) is 6.58. The van der Waals surface area contributed by atoms with Crippen molar-refractivity contribution in [3.63, 3.8) is 0 Å². The fourth-order valence-corrected chi connectivity index (χ4v) is 1.97. The molecule has 0 amide bonds. The van der Waals surface area contributed by atoms with E-state index in [9.17, 15) is 0 Å². The van der Waals surface area contributed by atoms with E-state index in [4.69, 9.17) is 4.52 Å². The van der Waals surface area contributed by atoms with Gasteiger partial charge in [-0.3, -0.25) is 0 Å². The van der Waals surface area contributed by atoms with E-state index in [1.54, 1.807) is 0 Å². The van der Waals surface area contributed by atoms with Crippen LogP contribution in [0.4, 0.5) is 0 Å². The molecule has 3 aromatic rings. The quantitative estimate of drug-likeness (QED) is 0.675. The fourth-order valence-electron chi connectivity index (χ4n) is 1.97. The highest BCUT2D eigenvalue weighted by molar-refractivity contribution is 5.70. The van der Waals surface area contributed by atoms with Crippen LogP contribution < -0.4 is 0 Å². The predicted molar refractivity (Wildman–Crippen MR) is 82.0 cm³/mol. The predicted octanol–water partition coefficient (Wildman–Crippen LogP) is 4.82. The largest absolute Gasteiger partial charge is 0.356 e. The van der Waals surface area contributed by atoms with Crippen LogP contribution in [0.25, 0.3) is 23.4 Å². The topological polar surface area (TPSA) is 26.0 Å². The zero-order valence-electron chi connectivity index (χ0n) is 11.3. The van der Waals surface area contributed by atoms with Gasteiger partial charge in [0, 0.05) is 11.6 Å². The highest BCUT2D eigenvalue weighted by Gasteiger charge is 2.03. The van der Waals surface area contributed by atoms with E-state index in [-0.39, 0.29) is 0 Å². The van der Waals surface area contributed by atoms with Crippen LogP contribution >= 0.6 is 0 Å². The highest BCUT2D eigenvalue weighted by atomic mass is 16.5. The van der Waals surface area contributed by atoms with Crippen molar-refractivity contribution in [1.29, 1.82) is 0 Å². The SMILES string of the molecule is Cc1ccc(-c2cc(/C=C/c3ccccc3)on2)cc1. The van der Waals surface area contributed by atoms with Crippen LogP contribution in [0, 0.1) is 6.92 Å². The second-order valence-corrected chi connectivity index (χ2v) is 4.72. The molecule has 0 radical (unpaired) electrons. The van der Waals surface area contributed by atoms with Crippen LogP contribution in [0.15, 0.2) is 65.2 Å². The molecule has 0 unspecified atom stereocenters. The van der Waals surface area contributed by atoms with Crippen LogP contribution in [-0.4, -0.2) is 5.16 Å². The van der Waals surface area contributed by atoms with E-state index in [0.29, 0.717) is 0 Å². The van der Waals surface area contributed by atoms with Crippen molar-refractivity contribution in [2.75, 3.05) is 0 Å². The number of aryl methyl sites for hydroxylation is 1. The monoisotopic (exact) mass is 261 g/mol. The first kappa shape index (κ1) is 12.4. The molecule has 2 heteroatoms. The van der Waals surface area contributed by atoms with Crippen molar-refractivity contribution >= 4 is 12.2 Å². The summed E-state index contributed by atoms with van der Waals surface area (Å²) in [6, 6.07) is 20.3. The lowest BCUT2D eigenvalue weighted by Crippen LogP contribution is -1.76. The van der Waals surface area contributed by atoms with Crippen molar-refractivity contribution in [3.8, 4) is 11.3 Å². The normalized spacial score (nSPS) is 11.1. The van der Waals surface area contributed by atoms with E-state index < -0.39 is 0 Å². The van der Waals surface area contributed by atoms with Gasteiger partial charge in [-0.1, -0.05) is 71.4 Å². The van der Waals surface area contributed by atoms with Crippen molar-refractivity contribution in [2.45, 2.75) is 6.92 Å². The number of hydrogen-bond donors (Lipinski definition) is 0. The van der Waals surface area contributed by atoms with Crippen molar-refractivity contribution < 1.29 is 4.52 Å². The van der Waals surface area contributed by atoms with Gasteiger partial charge in [0.1, 0.15) is 5.69 Å². The van der Waals surface area contributed by atoms with E-state index in [2.05, 4.69) is 36.3 Å². The van der Waals surface area contributed by atoms with E-state index in [1.807, 2.05) is 48.6 Å². The molecule has 0 bridgehead atoms. The molecular weight excluding hydrogens is 246 g/mol. The summed E-state index contributed by atoms with van der Waals surface area (Å²) >= 11 is 0. The summed E-state index contributed by atoms with van der Waals surface area (Å²) < 4.78 is 5.33. The Labute approximate surface area is 118 Å². The number of rotatable bonds is 3. The summed E-state index contributed by atoms with van der Waals surface area (Å²) in [6.45, 7) is 2.07. The van der Waals surface area contributed by atoms with E-state index in [1.165, 1.54) is 5.56 Å². The van der Waals surface area contributed by atoms with E-state index in [0.717, 1.165) is 22.6 Å². The molecular formula is C18H15NO. The van der Waals surface area contributed by atoms with Crippen LogP contribution in [0.5, 0.6) is 0 Å². The molecule has 0 atom stereocenters. The molecule has 0 saturated carbocycles. The number of hydrogen-bond acceptors (Lipinski definition) is 2. The Hall–Kier alpha value is -2.61. The molecule has 0 spiro atoms. The van der Waals surface area contributed by atoms with Crippen LogP contribution in [0.1, 0.15) is 16.9 Å². The maximum atomic E-state index is 5.33. The van der Waals surface area contributed by atoms with Gasteiger partial charge in [0.2, 0.25) is 0 Å². The minimum absolute atomic E-state index is 0.754. The van der Waals surface area contributed by atoms with E-state index >= 15 is 0 Å². The van der Waals surface area contributed by atoms with Crippen molar-refractivity contribution in [1.82, 2.24) is 5.16 Å². The zero-order valence-corrected chi connectivity index (χ0v) is 11.3. The van der Waals surface area contributed by atoms with Gasteiger partial charge >= 0.3 is 0 Å². The second-order valence-electron chi connectivity index (χ2n) is 4.72. The molecule has 0 N–H and O–H groups in total. The Bertz CT molecular complexity index is 709. The number of aromatic nitrogens is 1. The Morgan fingerprint density at radius 1 is 0.900 bits per heavy atom. The standard InChI is InChI=1S/C18H15NO/c1-14-7-10-16(11-8-14)18-13-17(20-19-18)12-9-15-5-3-2-4-6-15/h2-13H,1H3/b12-9+. The van der Waals surface area contributed by atoms with Crippen molar-refractivity contribution in [3.05, 3.63) is 77.6 Å². The van der Waals surface area contributed by atoms with Crippen LogP contribution in [0.3, 0.4) is 0 Å². The van der Waals surface area contributed by atoms with Gasteiger partial charge in [-0.15, -0.1) is 0 Å². The van der Waals surface area contributed by atoms with Gasteiger partial charge in [-0.2, -0.15) is 0 Å². The lowest BCUT2D eigenvalue weighted by atomic mass is 10.1. The summed E-state index contributed by atoms with van der Waals surface area (Å²) in [6.07, 6.45) is 3.94. The number of nitrogens with zero attached hydrogens (tertiary/aromatic N) is 1. The Balaban J connectivity index is 1.80. The molecule has 2 nitrogen and oxygen atoms in total. The zero-order chi connectivity index (χ0) is 13.8. The third-order valence-electron chi connectivity index (χ3n) is 3.12. The molecule has 0 aliphatic rings. The summed E-state index contributed by atoms with van der Waals surface area (Å²) in [5, 5.41) is 4.10. The maximum Gasteiger partial charge on any atom is 0.160 e. The molecule has 1 heterocycles. The minimum atomic E-state index is 0.754. The first-order chi connectivity index (χ1) is 9.81. The van der Waals surface area contributed by atoms with Gasteiger partial charge in [0.05, 0.1) is 0 Å². The van der Waals surface area contributed by atoms with Gasteiger partial charge in [0.25, 0.3) is 0 Å². The summed E-state index contributed by atoms with van der Waals surface area (Å²) in [5.41, 5.74) is 4.30. The summed E-state index contributed by atoms with van der Waals surface area (Å²) in [4.78, 5) is 0. The van der Waals surface area contributed by atoms with Crippen molar-refractivity contribution in [2.24, 2.45) is 0 Å². The third kappa shape index (κ3) is 2.86. The lowest BCUT2D eigenvalue weighted by molar-refractivity contribution is 0.415. The average molecular weight is 261 g/mol. The van der Waals surface area contributed by atoms with Gasteiger partial charge in [-0.25, -0.2) is 0 Å². The molecule has 0 aliphatic heterocycles. The Morgan fingerprint density at radius 2 is 1.65 bits per heavy atom. The summed E-state index contributed by atoms with van der Waals surface area (Å²) in [5.74, 6) is 0.754. The molecule has 3 rings (SSSR count). The van der Waals surface area contributed by atoms with Gasteiger partial charge in [0.15, 0.2) is 5.76 Å². The highest BCUT2D eigenvalue weighted by Crippen LogP contribution is 2.20. The molecule has 20 heavy (non-hydrogen) atoms. The minimum Gasteiger partial charge on any atom is -0.356 e. The van der Waals surface area contributed by atoms with Crippen LogP contribution in [0.2, 0.25) is 0 Å². The average Bonchev–Trinajstić information content (AvgIpc) is 2.96. The molecule has 0 aliphatic carbocycles. The maximum absolute atomic E-state index is 5.33. The lowest BCUT2D eigenvalue weighted by Gasteiger charge is -1.95. The van der Waals surface area contributed by atoms with Gasteiger partial charge in [-0.05, 0) is 18.6 Å². The molecule has 98 valence electrons. The Kier molecular flexibility index (Phi) is 3.46.